The lowest BCUT2D eigenvalue weighted by atomic mass is 9.84. The van der Waals surface area contributed by atoms with Crippen molar-refractivity contribution in [3.63, 3.8) is 0 Å². The monoisotopic (exact) mass is 424 g/mol. The number of carbonyl (C=O) groups excluding carboxylic acids is 2. The third-order valence-corrected chi connectivity index (χ3v) is 5.97. The lowest BCUT2D eigenvalue weighted by Crippen LogP contribution is -2.42. The van der Waals surface area contributed by atoms with E-state index in [1.807, 2.05) is 12.2 Å². The van der Waals surface area contributed by atoms with E-state index in [1.54, 1.807) is 37.3 Å². The van der Waals surface area contributed by atoms with Crippen LogP contribution in [-0.2, 0) is 4.79 Å². The Balaban J connectivity index is 1.78. The number of rotatable bonds is 5. The molecule has 0 fully saturated rings. The average molecular weight is 424 g/mol. The average Bonchev–Trinajstić information content (AvgIpc) is 3.29. The van der Waals surface area contributed by atoms with Gasteiger partial charge in [-0.3, -0.25) is 14.5 Å². The highest BCUT2D eigenvalue weighted by atomic mass is 32.1. The van der Waals surface area contributed by atoms with Gasteiger partial charge >= 0.3 is 0 Å². The van der Waals surface area contributed by atoms with Crippen LogP contribution in [0, 0.1) is 12.8 Å². The van der Waals surface area contributed by atoms with E-state index in [0.717, 1.165) is 0 Å². The van der Waals surface area contributed by atoms with Crippen molar-refractivity contribution in [3.05, 3.63) is 70.1 Å². The fourth-order valence-electron chi connectivity index (χ4n) is 3.65. The number of aliphatic hydroxyl groups is 1. The molecule has 154 valence electrons. The molecule has 1 aliphatic carbocycles. The Labute approximate surface area is 177 Å². The van der Waals surface area contributed by atoms with Crippen LogP contribution in [0.25, 0.3) is 0 Å². The van der Waals surface area contributed by atoms with E-state index < -0.39 is 23.5 Å². The summed E-state index contributed by atoms with van der Waals surface area (Å²) in [6.45, 7) is 1.78. The minimum absolute atomic E-state index is 0.0431. The van der Waals surface area contributed by atoms with Crippen LogP contribution in [-0.4, -0.2) is 40.1 Å². The minimum atomic E-state index is -0.722. The standard InChI is InChI=1S/C21H20N4O4S/c1-11-23-24-21(30-11)25-17(12-3-7-14(22)8-4-12)16(19(27)20(25)28)18(26)13-5-9-15(29-2)10-6-13/h3,5-10,12,17,27H,4,22H2,1-2H3. The van der Waals surface area contributed by atoms with E-state index in [-0.39, 0.29) is 11.5 Å². The number of benzene rings is 1. The number of anilines is 1. The Hall–Kier alpha value is -3.46. The lowest BCUT2D eigenvalue weighted by Gasteiger charge is -2.30. The largest absolute Gasteiger partial charge is 0.503 e. The number of allylic oxidation sites excluding steroid dienone is 2. The number of aliphatic hydroxyl groups excluding tert-OH is 1. The zero-order valence-corrected chi connectivity index (χ0v) is 17.2. The van der Waals surface area contributed by atoms with Gasteiger partial charge in [-0.25, -0.2) is 0 Å². The van der Waals surface area contributed by atoms with E-state index >= 15 is 0 Å². The van der Waals surface area contributed by atoms with Gasteiger partial charge in [0.05, 0.1) is 18.7 Å². The molecule has 2 aliphatic rings. The molecule has 1 aromatic heterocycles. The molecule has 3 N–H and O–H groups in total. The maximum atomic E-state index is 13.4. The van der Waals surface area contributed by atoms with Crippen molar-refractivity contribution in [2.75, 3.05) is 12.0 Å². The molecule has 2 heterocycles. The molecule has 4 rings (SSSR count). The first-order valence-electron chi connectivity index (χ1n) is 9.30. The molecule has 1 aromatic carbocycles. The second-order valence-electron chi connectivity index (χ2n) is 7.01. The number of ether oxygens (including phenoxy) is 1. The second-order valence-corrected chi connectivity index (χ2v) is 8.17. The zero-order valence-electron chi connectivity index (χ0n) is 16.4. The molecule has 9 heteroatoms. The lowest BCUT2D eigenvalue weighted by molar-refractivity contribution is -0.117. The number of aryl methyl sites for hydroxylation is 1. The smallest absolute Gasteiger partial charge is 0.296 e. The molecule has 0 saturated carbocycles. The highest BCUT2D eigenvalue weighted by molar-refractivity contribution is 7.15. The SMILES string of the molecule is COc1ccc(C(=O)C2=C(O)C(=O)N(c3nnc(C)s3)C2C2C=CC(N)=CC2)cc1. The summed E-state index contributed by atoms with van der Waals surface area (Å²) in [6.07, 6.45) is 5.95. The van der Waals surface area contributed by atoms with Gasteiger partial charge in [0.25, 0.3) is 5.91 Å². The molecule has 30 heavy (non-hydrogen) atoms. The van der Waals surface area contributed by atoms with Gasteiger partial charge in [0.15, 0.2) is 11.5 Å². The van der Waals surface area contributed by atoms with Crippen molar-refractivity contribution in [2.45, 2.75) is 19.4 Å². The van der Waals surface area contributed by atoms with Crippen LogP contribution in [0.15, 0.2) is 59.5 Å². The molecule has 2 unspecified atom stereocenters. The summed E-state index contributed by atoms with van der Waals surface area (Å²) in [5.41, 5.74) is 6.85. The van der Waals surface area contributed by atoms with Crippen molar-refractivity contribution in [1.29, 1.82) is 0 Å². The van der Waals surface area contributed by atoms with E-state index in [9.17, 15) is 14.7 Å². The van der Waals surface area contributed by atoms with Crippen molar-refractivity contribution in [2.24, 2.45) is 11.7 Å². The summed E-state index contributed by atoms with van der Waals surface area (Å²) in [7, 11) is 1.54. The number of methoxy groups -OCH3 is 1. The second kappa shape index (κ2) is 7.75. The molecule has 2 atom stereocenters. The number of carbonyl (C=O) groups is 2. The van der Waals surface area contributed by atoms with Crippen LogP contribution in [0.1, 0.15) is 21.8 Å². The zero-order chi connectivity index (χ0) is 21.4. The maximum Gasteiger partial charge on any atom is 0.296 e. The Morgan fingerprint density at radius 2 is 2.03 bits per heavy atom. The fraction of sp³-hybridized carbons (Fsp3) is 0.238. The van der Waals surface area contributed by atoms with Gasteiger partial charge in [-0.05, 0) is 43.7 Å². The van der Waals surface area contributed by atoms with E-state index in [0.29, 0.717) is 33.6 Å². The molecule has 1 amide bonds. The van der Waals surface area contributed by atoms with Crippen molar-refractivity contribution >= 4 is 28.2 Å². The fourth-order valence-corrected chi connectivity index (χ4v) is 4.37. The number of nitrogens with zero attached hydrogens (tertiary/aromatic N) is 3. The van der Waals surface area contributed by atoms with Crippen LogP contribution in [0.5, 0.6) is 5.75 Å². The van der Waals surface area contributed by atoms with Gasteiger partial charge in [0, 0.05) is 17.2 Å². The van der Waals surface area contributed by atoms with Crippen molar-refractivity contribution in [3.8, 4) is 5.75 Å². The third kappa shape index (κ3) is 3.37. The highest BCUT2D eigenvalue weighted by Gasteiger charge is 2.48. The summed E-state index contributed by atoms with van der Waals surface area (Å²) in [4.78, 5) is 27.7. The molecule has 1 aliphatic heterocycles. The van der Waals surface area contributed by atoms with Gasteiger partial charge in [-0.2, -0.15) is 0 Å². The van der Waals surface area contributed by atoms with E-state index in [4.69, 9.17) is 10.5 Å². The molecule has 0 radical (unpaired) electrons. The summed E-state index contributed by atoms with van der Waals surface area (Å²) < 4.78 is 5.14. The van der Waals surface area contributed by atoms with Crippen LogP contribution in [0.3, 0.4) is 0 Å². The first kappa shape index (κ1) is 19.8. The quantitative estimate of drug-likeness (QED) is 0.708. The van der Waals surface area contributed by atoms with E-state index in [2.05, 4.69) is 10.2 Å². The molecular formula is C21H20N4O4S. The van der Waals surface area contributed by atoms with Crippen molar-refractivity contribution < 1.29 is 19.4 Å². The molecule has 0 spiro atoms. The summed E-state index contributed by atoms with van der Waals surface area (Å²) in [5, 5.41) is 19.8. The summed E-state index contributed by atoms with van der Waals surface area (Å²) in [5.74, 6) is -1.31. The van der Waals surface area contributed by atoms with Gasteiger partial charge in [0.2, 0.25) is 5.13 Å². The number of Topliss-reactive ketones (excluding diaryl/α,β-unsaturated/α-hetero) is 1. The van der Waals surface area contributed by atoms with Crippen LogP contribution >= 0.6 is 11.3 Å². The van der Waals surface area contributed by atoms with Gasteiger partial charge in [-0.15, -0.1) is 10.2 Å². The number of hydrogen-bond acceptors (Lipinski definition) is 8. The Kier molecular flexibility index (Phi) is 5.13. The third-order valence-electron chi connectivity index (χ3n) is 5.14. The molecule has 8 nitrogen and oxygen atoms in total. The van der Waals surface area contributed by atoms with Gasteiger partial charge in [-0.1, -0.05) is 23.5 Å². The number of hydrogen-bond donors (Lipinski definition) is 2. The molecule has 2 aromatic rings. The number of amides is 1. The topological polar surface area (TPSA) is 119 Å². The van der Waals surface area contributed by atoms with Gasteiger partial charge < -0.3 is 15.6 Å². The minimum Gasteiger partial charge on any atom is -0.503 e. The van der Waals surface area contributed by atoms with Crippen molar-refractivity contribution in [1.82, 2.24) is 10.2 Å². The maximum absolute atomic E-state index is 13.4. The van der Waals surface area contributed by atoms with Gasteiger partial charge in [0.1, 0.15) is 10.8 Å². The predicted octanol–water partition coefficient (Wildman–Crippen LogP) is 2.68. The first-order valence-corrected chi connectivity index (χ1v) is 10.1. The highest BCUT2D eigenvalue weighted by Crippen LogP contribution is 2.39. The van der Waals surface area contributed by atoms with Crippen LogP contribution < -0.4 is 15.4 Å². The predicted molar refractivity (Wildman–Crippen MR) is 112 cm³/mol. The summed E-state index contributed by atoms with van der Waals surface area (Å²) >= 11 is 1.23. The summed E-state index contributed by atoms with van der Waals surface area (Å²) in [6, 6.07) is 5.81. The molecule has 0 bridgehead atoms. The van der Waals surface area contributed by atoms with E-state index in [1.165, 1.54) is 23.3 Å². The molecular weight excluding hydrogens is 404 g/mol. The number of nitrogens with two attached hydrogens (primary N) is 1. The van der Waals surface area contributed by atoms with Crippen LogP contribution in [0.4, 0.5) is 5.13 Å². The Bertz CT molecular complexity index is 1100. The number of aromatic nitrogens is 2. The Morgan fingerprint density at radius 3 is 2.60 bits per heavy atom. The Morgan fingerprint density at radius 1 is 1.30 bits per heavy atom. The normalized spacial score (nSPS) is 21.2. The molecule has 0 saturated heterocycles. The van der Waals surface area contributed by atoms with Crippen LogP contribution in [0.2, 0.25) is 0 Å². The number of ketones is 1. The first-order chi connectivity index (χ1) is 14.4.